The van der Waals surface area contributed by atoms with Gasteiger partial charge in [-0.3, -0.25) is 23.4 Å². The van der Waals surface area contributed by atoms with E-state index in [1.54, 1.807) is 0 Å². The maximum atomic E-state index is 11.8. The number of aliphatic hydroxyl groups is 1. The Morgan fingerprint density at radius 2 is 1.94 bits per heavy atom. The van der Waals surface area contributed by atoms with E-state index in [9.17, 15) is 33.4 Å². The molecule has 0 saturated carbocycles. The molecule has 32 heavy (non-hydrogen) atoms. The van der Waals surface area contributed by atoms with Crippen molar-refractivity contribution in [2.45, 2.75) is 24.9 Å². The summed E-state index contributed by atoms with van der Waals surface area (Å²) in [6, 6.07) is 0. The maximum Gasteiger partial charge on any atom is 1.00 e. The topological polar surface area (TPSA) is 282 Å². The van der Waals surface area contributed by atoms with Crippen molar-refractivity contribution >= 4 is 40.6 Å². The summed E-state index contributed by atoms with van der Waals surface area (Å²) in [5.74, 6) is -0.197. The van der Waals surface area contributed by atoms with Gasteiger partial charge in [0.2, 0.25) is 5.95 Å². The number of rotatable bonds is 8. The number of aromatic amines is 1. The van der Waals surface area contributed by atoms with Crippen LogP contribution < -0.4 is 45.7 Å². The Hall–Kier alpha value is -0.520. The van der Waals surface area contributed by atoms with Crippen LogP contribution >= 0.6 is 23.5 Å². The van der Waals surface area contributed by atoms with Crippen molar-refractivity contribution in [1.29, 1.82) is 0 Å². The number of hydrogen-bond acceptors (Lipinski definition) is 13. The molecule has 3 unspecified atom stereocenters. The van der Waals surface area contributed by atoms with Crippen LogP contribution in [0.1, 0.15) is 12.6 Å². The van der Waals surface area contributed by atoms with Gasteiger partial charge >= 0.3 is 45.2 Å². The van der Waals surface area contributed by atoms with Gasteiger partial charge < -0.3 is 35.2 Å². The van der Waals surface area contributed by atoms with Crippen LogP contribution in [0, 0.1) is 0 Å². The quantitative estimate of drug-likeness (QED) is 0.138. The van der Waals surface area contributed by atoms with Gasteiger partial charge in [-0.15, -0.1) is 0 Å². The Morgan fingerprint density at radius 1 is 1.28 bits per heavy atom. The Morgan fingerprint density at radius 3 is 2.56 bits per heavy atom. The van der Waals surface area contributed by atoms with Crippen LogP contribution in [-0.2, 0) is 31.6 Å². The zero-order valence-electron chi connectivity index (χ0n) is 15.9. The van der Waals surface area contributed by atoms with Gasteiger partial charge in [0.25, 0.3) is 13.4 Å². The van der Waals surface area contributed by atoms with E-state index >= 15 is 0 Å². The Kier molecular flexibility index (Phi) is 8.66. The Bertz CT molecular complexity index is 1180. The average molecular weight is 529 g/mol. The van der Waals surface area contributed by atoms with E-state index in [1.807, 2.05) is 0 Å². The van der Waals surface area contributed by atoms with Gasteiger partial charge in [-0.05, 0) is 0 Å². The van der Waals surface area contributed by atoms with Gasteiger partial charge in [-0.2, -0.15) is 9.29 Å². The summed E-state index contributed by atoms with van der Waals surface area (Å²) in [6.45, 7) is -0.859. The van der Waals surface area contributed by atoms with Gasteiger partial charge in [0.1, 0.15) is 12.3 Å². The molecule has 0 aromatic carbocycles. The molecule has 1 aliphatic heterocycles. The summed E-state index contributed by atoms with van der Waals surface area (Å²) in [5, 5.41) is 10.1. The van der Waals surface area contributed by atoms with Crippen LogP contribution in [0.5, 0.6) is 0 Å². The van der Waals surface area contributed by atoms with Crippen molar-refractivity contribution in [1.82, 2.24) is 19.5 Å². The Labute approximate surface area is 199 Å². The number of ether oxygens (including phenoxy) is 1. The van der Waals surface area contributed by atoms with Crippen LogP contribution in [0.15, 0.2) is 11.1 Å². The first-order chi connectivity index (χ1) is 14.2. The molecule has 0 amide bonds. The van der Waals surface area contributed by atoms with Crippen LogP contribution in [-0.4, -0.2) is 58.1 Å². The molecule has 0 aliphatic carbocycles. The molecule has 0 bridgehead atoms. The first kappa shape index (κ1) is 27.7. The summed E-state index contributed by atoms with van der Waals surface area (Å²) in [6.07, 6.45) is -2.40. The van der Waals surface area contributed by atoms with Gasteiger partial charge in [0.15, 0.2) is 11.2 Å². The van der Waals surface area contributed by atoms with E-state index in [0.29, 0.717) is 0 Å². The molecule has 3 rings (SSSR count). The summed E-state index contributed by atoms with van der Waals surface area (Å²) in [7, 11) is -16.9. The minimum atomic E-state index is -5.77. The van der Waals surface area contributed by atoms with E-state index in [0.717, 1.165) is 0 Å². The summed E-state index contributed by atoms with van der Waals surface area (Å²) < 4.78 is 51.7. The number of phosphoric ester groups is 1. The molecule has 1 saturated heterocycles. The van der Waals surface area contributed by atoms with E-state index in [-0.39, 0.29) is 53.1 Å². The van der Waals surface area contributed by atoms with Crippen LogP contribution in [0.25, 0.3) is 11.2 Å². The minimum Gasteiger partial charge on any atom is -0.756 e. The number of aliphatic hydroxyl groups excluding tert-OH is 1. The Balaban J connectivity index is 0.00000363. The normalized spacial score (nSPS) is 26.7. The number of H-pyrrole nitrogens is 1. The van der Waals surface area contributed by atoms with E-state index < -0.39 is 54.1 Å². The zero-order valence-corrected chi connectivity index (χ0v) is 20.6. The van der Waals surface area contributed by atoms with Crippen molar-refractivity contribution in [3.63, 3.8) is 0 Å². The van der Waals surface area contributed by atoms with Gasteiger partial charge in [0, 0.05) is 6.42 Å². The largest absolute Gasteiger partial charge is 1.00 e. The molecule has 22 heteroatoms. The first-order valence-corrected chi connectivity index (χ1v) is 12.5. The van der Waals surface area contributed by atoms with Crippen molar-refractivity contribution in [2.75, 3.05) is 12.3 Å². The van der Waals surface area contributed by atoms with E-state index in [2.05, 4.69) is 28.1 Å². The number of nitrogen functional groups attached to an aromatic ring is 1. The van der Waals surface area contributed by atoms with Crippen LogP contribution in [0.3, 0.4) is 0 Å². The molecule has 6 atom stereocenters. The molecule has 3 heterocycles. The molecule has 1 fully saturated rings. The number of nitrogens with zero attached hydrogens (tertiary/aromatic N) is 3. The SMILES string of the molecule is Nc1nc2c(ncn2[C@H]2C[C@H](O)[C@@H](COP(=O)(O)OP(=O)(O)OP(=O)([O-])O)O2)c(=O)[nH]1.[Na+]. The second-order valence-electron chi connectivity index (χ2n) is 6.07. The molecular weight excluding hydrogens is 514 g/mol. The van der Waals surface area contributed by atoms with Crippen molar-refractivity contribution < 1.29 is 85.8 Å². The van der Waals surface area contributed by atoms with Crippen molar-refractivity contribution in [3.05, 3.63) is 16.7 Å². The van der Waals surface area contributed by atoms with E-state index in [4.69, 9.17) is 20.3 Å². The molecule has 0 spiro atoms. The number of imidazole rings is 1. The standard InChI is InChI=1S/C10H16N5O13P3.Na/c11-10-13-8-7(9(17)14-10)12-3-15(8)6-1-4(16)5(26-6)2-25-30(21,22)28-31(23,24)27-29(18,19)20;/h3-6,16H,1-2H2,(H,21,22)(H,23,24)(H2,18,19,20)(H3,11,13,14,17);/q;+1/p-1/t4-,5+,6+;/m0./s1. The number of fused-ring (bicyclic) bond motifs is 1. The van der Waals surface area contributed by atoms with Crippen molar-refractivity contribution in [2.24, 2.45) is 0 Å². The molecule has 18 nitrogen and oxygen atoms in total. The van der Waals surface area contributed by atoms with Crippen molar-refractivity contribution in [3.8, 4) is 0 Å². The van der Waals surface area contributed by atoms with Crippen LogP contribution in [0.2, 0.25) is 0 Å². The van der Waals surface area contributed by atoms with Gasteiger partial charge in [0.05, 0.1) is 19.0 Å². The number of hydrogen-bond donors (Lipinski definition) is 6. The number of anilines is 1. The predicted molar refractivity (Wildman–Crippen MR) is 94.7 cm³/mol. The van der Waals surface area contributed by atoms with Crippen LogP contribution in [0.4, 0.5) is 5.95 Å². The third-order valence-corrected chi connectivity index (χ3v) is 7.56. The number of nitrogens with two attached hydrogens (primary N) is 1. The second kappa shape index (κ2) is 10.00. The third kappa shape index (κ3) is 6.99. The second-order valence-corrected chi connectivity index (χ2v) is 10.4. The molecule has 2 aromatic heterocycles. The molecule has 2 aromatic rings. The fraction of sp³-hybridized carbons (Fsp3) is 0.500. The molecule has 0 radical (unpaired) electrons. The van der Waals surface area contributed by atoms with E-state index in [1.165, 1.54) is 10.9 Å². The molecule has 1 aliphatic rings. The summed E-state index contributed by atoms with van der Waals surface area (Å²) >= 11 is 0. The average Bonchev–Trinajstić information content (AvgIpc) is 3.13. The zero-order chi connectivity index (χ0) is 23.2. The minimum absolute atomic E-state index is 0. The first-order valence-electron chi connectivity index (χ1n) is 7.98. The van der Waals surface area contributed by atoms with Gasteiger partial charge in [-0.1, -0.05) is 0 Å². The number of phosphoric acid groups is 3. The monoisotopic (exact) mass is 529 g/mol. The number of nitrogens with one attached hydrogen (secondary N) is 1. The van der Waals surface area contributed by atoms with Gasteiger partial charge in [-0.25, -0.2) is 18.4 Å². The fourth-order valence-electron chi connectivity index (χ4n) is 2.66. The maximum absolute atomic E-state index is 11.8. The summed E-state index contributed by atoms with van der Waals surface area (Å²) in [4.78, 5) is 59.3. The molecule has 7 N–H and O–H groups in total. The predicted octanol–water partition coefficient (Wildman–Crippen LogP) is -4.93. The third-order valence-electron chi connectivity index (χ3n) is 3.78. The smallest absolute Gasteiger partial charge is 0.756 e. The molecular formula is C10H15N5NaO13P3. The molecule has 174 valence electrons. The summed E-state index contributed by atoms with van der Waals surface area (Å²) in [5.41, 5.74) is 4.87. The fourth-order valence-corrected chi connectivity index (χ4v) is 5.65. The number of aromatic nitrogens is 4.